The Kier molecular flexibility index (Phi) is 5.00. The van der Waals surface area contributed by atoms with Crippen molar-refractivity contribution < 1.29 is 18.7 Å². The van der Waals surface area contributed by atoms with Crippen LogP contribution in [0.3, 0.4) is 0 Å². The first-order chi connectivity index (χ1) is 10.6. The van der Waals surface area contributed by atoms with E-state index in [1.807, 2.05) is 12.1 Å². The third-order valence-electron chi connectivity index (χ3n) is 3.08. The van der Waals surface area contributed by atoms with E-state index in [1.54, 1.807) is 12.1 Å². The van der Waals surface area contributed by atoms with E-state index in [9.17, 15) is 20.1 Å². The molecule has 22 heavy (non-hydrogen) atoms. The molecule has 0 fully saturated rings. The molecule has 8 heteroatoms. The third-order valence-corrected chi connectivity index (χ3v) is 5.16. The second-order valence-corrected chi connectivity index (χ2v) is 6.38. The Balaban J connectivity index is 2.42. The van der Waals surface area contributed by atoms with E-state index < -0.39 is 38.7 Å². The number of furan rings is 1. The minimum absolute atomic E-state index is 0.0897. The predicted molar refractivity (Wildman–Crippen MR) is 73.9 cm³/mol. The van der Waals surface area contributed by atoms with Crippen LogP contribution in [0, 0.1) is 28.6 Å². The van der Waals surface area contributed by atoms with Crippen LogP contribution in [0.25, 0.3) is 0 Å². The zero-order chi connectivity index (χ0) is 16.1. The summed E-state index contributed by atoms with van der Waals surface area (Å²) in [6.45, 7) is 0. The average molecular weight is 364 g/mol. The van der Waals surface area contributed by atoms with Crippen LogP contribution < -0.4 is 5.32 Å². The van der Waals surface area contributed by atoms with Crippen LogP contribution in [0.5, 0.6) is 0 Å². The number of hydrogen-bond donors (Lipinski definition) is 1. The Labute approximate surface area is 132 Å². The molecule has 1 N–H and O–H groups in total. The number of nitrogens with one attached hydrogen (secondary N) is 1. The summed E-state index contributed by atoms with van der Waals surface area (Å²) in [6.07, 6.45) is 1.42. The van der Waals surface area contributed by atoms with Crippen LogP contribution >= 0.6 is 0 Å². The van der Waals surface area contributed by atoms with E-state index in [0.717, 1.165) is 0 Å². The van der Waals surface area contributed by atoms with Crippen molar-refractivity contribution in [3.05, 3.63) is 34.3 Å². The molecule has 2 unspecified atom stereocenters. The summed E-state index contributed by atoms with van der Waals surface area (Å²) in [5.41, 5.74) is 0.255. The van der Waals surface area contributed by atoms with Crippen molar-refractivity contribution in [3.8, 4) is 12.1 Å². The molecule has 1 aliphatic heterocycles. The number of methoxy groups -OCH3 is 1. The van der Waals surface area contributed by atoms with Crippen molar-refractivity contribution in [2.45, 2.75) is 11.2 Å². The molecule has 0 bridgehead atoms. The fourth-order valence-corrected chi connectivity index (χ4v) is 3.90. The first-order valence-electron chi connectivity index (χ1n) is 6.20. The van der Waals surface area contributed by atoms with Gasteiger partial charge in [0.25, 0.3) is 0 Å². The summed E-state index contributed by atoms with van der Waals surface area (Å²) in [7, 11) is 1.27. The number of carbonyl (C=O) groups is 2. The quantitative estimate of drug-likeness (QED) is 0.620. The fraction of sp³-hybridized carbons (Fsp3) is 0.286. The molecule has 2 rings (SSSR count). The molecule has 0 radical (unpaired) electrons. The summed E-state index contributed by atoms with van der Waals surface area (Å²) >= 11 is -0.473. The Morgan fingerprint density at radius 1 is 1.55 bits per heavy atom. The van der Waals surface area contributed by atoms with E-state index in [-0.39, 0.29) is 10.9 Å². The summed E-state index contributed by atoms with van der Waals surface area (Å²) in [5.74, 6) is -2.34. The molecule has 0 aromatic carbocycles. The van der Waals surface area contributed by atoms with Gasteiger partial charge in [0, 0.05) is 0 Å². The summed E-state index contributed by atoms with van der Waals surface area (Å²) in [4.78, 5) is 23.4. The molecule has 1 aromatic heterocycles. The van der Waals surface area contributed by atoms with Gasteiger partial charge in [-0.15, -0.1) is 0 Å². The number of esters is 1. The SMILES string of the molecule is COC(=O)C[Se]C1=C(C#N)C(c2ccco2)C(C#N)C(=O)N1. The number of rotatable bonds is 4. The molecule has 0 aliphatic carbocycles. The maximum absolute atomic E-state index is 12.1. The van der Waals surface area contributed by atoms with Gasteiger partial charge in [-0.3, -0.25) is 0 Å². The molecule has 1 aromatic rings. The van der Waals surface area contributed by atoms with Crippen LogP contribution in [-0.2, 0) is 14.3 Å². The monoisotopic (exact) mass is 365 g/mol. The average Bonchev–Trinajstić information content (AvgIpc) is 3.05. The topological polar surface area (TPSA) is 116 Å². The van der Waals surface area contributed by atoms with Crippen LogP contribution in [0.2, 0.25) is 5.32 Å². The van der Waals surface area contributed by atoms with Crippen LogP contribution in [0.4, 0.5) is 0 Å². The van der Waals surface area contributed by atoms with Crippen molar-refractivity contribution in [3.63, 3.8) is 0 Å². The van der Waals surface area contributed by atoms with Gasteiger partial charge in [0.05, 0.1) is 0 Å². The number of amides is 1. The normalized spacial score (nSPS) is 20.8. The van der Waals surface area contributed by atoms with Crippen molar-refractivity contribution in [2.75, 3.05) is 7.11 Å². The Hall–Kier alpha value is -2.54. The van der Waals surface area contributed by atoms with Gasteiger partial charge in [0.15, 0.2) is 0 Å². The Bertz CT molecular complexity index is 697. The first-order valence-corrected chi connectivity index (χ1v) is 8.27. The van der Waals surface area contributed by atoms with Gasteiger partial charge in [0.2, 0.25) is 0 Å². The van der Waals surface area contributed by atoms with Gasteiger partial charge in [-0.05, 0) is 0 Å². The first kappa shape index (κ1) is 15.8. The predicted octanol–water partition coefficient (Wildman–Crippen LogP) is 0.663. The molecule has 1 aliphatic rings. The Morgan fingerprint density at radius 3 is 2.86 bits per heavy atom. The van der Waals surface area contributed by atoms with Gasteiger partial charge >= 0.3 is 132 Å². The fourth-order valence-electron chi connectivity index (χ4n) is 2.05. The summed E-state index contributed by atoms with van der Waals surface area (Å²) in [6, 6.07) is 7.20. The third kappa shape index (κ3) is 3.04. The van der Waals surface area contributed by atoms with Gasteiger partial charge in [-0.25, -0.2) is 0 Å². The Morgan fingerprint density at radius 2 is 2.32 bits per heavy atom. The van der Waals surface area contributed by atoms with E-state index in [0.29, 0.717) is 10.4 Å². The minimum atomic E-state index is -1.04. The molecule has 0 saturated carbocycles. The maximum atomic E-state index is 12.1. The molecule has 2 atom stereocenters. The van der Waals surface area contributed by atoms with Gasteiger partial charge in [0.1, 0.15) is 0 Å². The molecule has 2 heterocycles. The number of hydrogen-bond acceptors (Lipinski definition) is 6. The number of nitriles is 2. The van der Waals surface area contributed by atoms with Crippen molar-refractivity contribution >= 4 is 26.8 Å². The number of nitrogens with zero attached hydrogens (tertiary/aromatic N) is 2. The second kappa shape index (κ2) is 6.95. The van der Waals surface area contributed by atoms with Crippen LogP contribution in [0.15, 0.2) is 33.0 Å². The van der Waals surface area contributed by atoms with E-state index in [1.165, 1.54) is 13.4 Å². The number of carbonyl (C=O) groups excluding carboxylic acids is 2. The molecule has 1 amide bonds. The van der Waals surface area contributed by atoms with Gasteiger partial charge in [-0.2, -0.15) is 0 Å². The van der Waals surface area contributed by atoms with Crippen molar-refractivity contribution in [1.82, 2.24) is 5.32 Å². The van der Waals surface area contributed by atoms with Crippen LogP contribution in [-0.4, -0.2) is 33.9 Å². The van der Waals surface area contributed by atoms with Gasteiger partial charge in [-0.1, -0.05) is 0 Å². The van der Waals surface area contributed by atoms with E-state index >= 15 is 0 Å². The zero-order valence-electron chi connectivity index (χ0n) is 11.5. The summed E-state index contributed by atoms with van der Waals surface area (Å²) in [5, 5.41) is 21.3. The zero-order valence-corrected chi connectivity index (χ0v) is 13.2. The molecule has 0 spiro atoms. The van der Waals surface area contributed by atoms with E-state index in [4.69, 9.17) is 4.42 Å². The van der Waals surface area contributed by atoms with E-state index in [2.05, 4.69) is 10.1 Å². The molecular weight excluding hydrogens is 353 g/mol. The standard InChI is InChI=1S/C14H11N3O4Se/c1-20-11(18)7-22-14-9(6-16)12(10-3-2-4-21-10)8(5-15)13(19)17-14/h2-4,8,12H,7H2,1H3,(H,17,19). The summed E-state index contributed by atoms with van der Waals surface area (Å²) < 4.78 is 10.2. The molecular formula is C14H11N3O4Se. The van der Waals surface area contributed by atoms with Gasteiger partial charge < -0.3 is 0 Å². The molecule has 0 saturated heterocycles. The number of ether oxygens (including phenoxy) is 1. The van der Waals surface area contributed by atoms with Crippen molar-refractivity contribution in [2.24, 2.45) is 5.92 Å². The molecule has 7 nitrogen and oxygen atoms in total. The molecule has 112 valence electrons. The number of allylic oxidation sites excluding steroid dienone is 1. The van der Waals surface area contributed by atoms with Crippen LogP contribution in [0.1, 0.15) is 11.7 Å². The van der Waals surface area contributed by atoms with Crippen molar-refractivity contribution in [1.29, 1.82) is 10.5 Å². The second-order valence-electron chi connectivity index (χ2n) is 4.31.